The van der Waals surface area contributed by atoms with Crippen LogP contribution in [0.15, 0.2) is 21.3 Å². The van der Waals surface area contributed by atoms with Crippen LogP contribution in [0.3, 0.4) is 0 Å². The molecule has 0 radical (unpaired) electrons. The van der Waals surface area contributed by atoms with Crippen LogP contribution in [-0.2, 0) is 0 Å². The zero-order valence-electron chi connectivity index (χ0n) is 11.1. The number of aromatic hydroxyl groups is 5. The van der Waals surface area contributed by atoms with E-state index >= 15 is 0 Å². The molecule has 0 aliphatic rings. The maximum atomic E-state index is 11.9. The molecular weight excluding hydrogens is 312 g/mol. The van der Waals surface area contributed by atoms with E-state index in [2.05, 4.69) is 0 Å². The van der Waals surface area contributed by atoms with Crippen LogP contribution in [0.25, 0.3) is 21.7 Å². The molecule has 3 rings (SSSR count). The van der Waals surface area contributed by atoms with Gasteiger partial charge in [-0.15, -0.1) is 0 Å². The van der Waals surface area contributed by atoms with Crippen molar-refractivity contribution in [1.29, 1.82) is 0 Å². The molecule has 0 saturated heterocycles. The first-order valence-corrected chi connectivity index (χ1v) is 6.06. The monoisotopic (exact) mass is 320 g/mol. The smallest absolute Gasteiger partial charge is 0.348 e. The van der Waals surface area contributed by atoms with E-state index in [4.69, 9.17) is 9.52 Å². The zero-order valence-corrected chi connectivity index (χ0v) is 11.1. The first-order chi connectivity index (χ1) is 10.7. The lowest BCUT2D eigenvalue weighted by Gasteiger charge is -2.10. The van der Waals surface area contributed by atoms with Gasteiger partial charge in [0.2, 0.25) is 11.5 Å². The Kier molecular flexibility index (Phi) is 2.76. The Labute approximate surface area is 125 Å². The second-order valence-corrected chi connectivity index (χ2v) is 4.71. The van der Waals surface area contributed by atoms with Crippen LogP contribution in [0.1, 0.15) is 10.4 Å². The molecule has 0 fully saturated rings. The maximum absolute atomic E-state index is 11.9. The summed E-state index contributed by atoms with van der Waals surface area (Å²) in [5.41, 5.74) is -2.38. The van der Waals surface area contributed by atoms with Crippen LogP contribution in [0.4, 0.5) is 0 Å². The average molecular weight is 320 g/mol. The molecule has 1 heterocycles. The lowest BCUT2D eigenvalue weighted by molar-refractivity contribution is 0.0693. The summed E-state index contributed by atoms with van der Waals surface area (Å²) in [6.07, 6.45) is 0. The third kappa shape index (κ3) is 1.80. The largest absolute Gasteiger partial charge is 0.504 e. The van der Waals surface area contributed by atoms with Gasteiger partial charge in [0.1, 0.15) is 10.9 Å². The Morgan fingerprint density at radius 3 is 2.13 bits per heavy atom. The first-order valence-electron chi connectivity index (χ1n) is 6.06. The van der Waals surface area contributed by atoms with E-state index in [1.807, 2.05) is 0 Å². The highest BCUT2D eigenvalue weighted by Crippen LogP contribution is 2.44. The Morgan fingerprint density at radius 1 is 0.870 bits per heavy atom. The minimum Gasteiger partial charge on any atom is -0.504 e. The number of hydrogen-bond donors (Lipinski definition) is 6. The summed E-state index contributed by atoms with van der Waals surface area (Å²) < 4.78 is 4.79. The molecular formula is C14H8O9. The van der Waals surface area contributed by atoms with Gasteiger partial charge >= 0.3 is 11.6 Å². The van der Waals surface area contributed by atoms with Gasteiger partial charge in [0.25, 0.3) is 0 Å². The molecule has 0 unspecified atom stereocenters. The van der Waals surface area contributed by atoms with Gasteiger partial charge in [-0.1, -0.05) is 0 Å². The van der Waals surface area contributed by atoms with Crippen LogP contribution in [0.2, 0.25) is 0 Å². The second-order valence-electron chi connectivity index (χ2n) is 4.71. The van der Waals surface area contributed by atoms with Crippen molar-refractivity contribution < 1.29 is 39.9 Å². The molecule has 6 N–H and O–H groups in total. The summed E-state index contributed by atoms with van der Waals surface area (Å²) in [4.78, 5) is 23.0. The van der Waals surface area contributed by atoms with Gasteiger partial charge in [-0.05, 0) is 12.1 Å². The lowest BCUT2D eigenvalue weighted by atomic mass is 10.0. The standard InChI is InChI=1S/C14H8O9/c15-6-2-3-4-1-5(13(20)21)8(16)11(19)12(4)23-14(22)7(3)10(18)9(6)17/h1-2,15-19H,(H,20,21). The molecule has 2 aromatic carbocycles. The van der Waals surface area contributed by atoms with Crippen LogP contribution in [0, 0.1) is 0 Å². The van der Waals surface area contributed by atoms with Gasteiger partial charge in [-0.2, -0.15) is 0 Å². The quantitative estimate of drug-likeness (QED) is 0.219. The van der Waals surface area contributed by atoms with Crippen molar-refractivity contribution in [2.45, 2.75) is 0 Å². The number of rotatable bonds is 1. The van der Waals surface area contributed by atoms with Crippen LogP contribution in [0.5, 0.6) is 28.7 Å². The van der Waals surface area contributed by atoms with Crippen molar-refractivity contribution in [2.24, 2.45) is 0 Å². The van der Waals surface area contributed by atoms with E-state index < -0.39 is 56.9 Å². The topological polar surface area (TPSA) is 169 Å². The maximum Gasteiger partial charge on any atom is 0.348 e. The minimum absolute atomic E-state index is 0.169. The van der Waals surface area contributed by atoms with Crippen LogP contribution < -0.4 is 5.63 Å². The average Bonchev–Trinajstić information content (AvgIpc) is 2.48. The molecule has 0 atom stereocenters. The zero-order chi connectivity index (χ0) is 17.0. The molecule has 9 heteroatoms. The predicted molar refractivity (Wildman–Crippen MR) is 75.3 cm³/mol. The number of benzene rings is 2. The number of carboxylic acid groups (broad SMARTS) is 1. The summed E-state index contributed by atoms with van der Waals surface area (Å²) in [5.74, 6) is -6.23. The lowest BCUT2D eigenvalue weighted by Crippen LogP contribution is -2.03. The van der Waals surface area contributed by atoms with Gasteiger partial charge in [-0.25, -0.2) is 9.59 Å². The summed E-state index contributed by atoms with van der Waals surface area (Å²) in [6, 6.07) is 1.79. The molecule has 3 aromatic rings. The molecule has 0 amide bonds. The Bertz CT molecular complexity index is 1060. The molecule has 23 heavy (non-hydrogen) atoms. The van der Waals surface area contributed by atoms with E-state index in [0.29, 0.717) is 0 Å². The van der Waals surface area contributed by atoms with E-state index in [9.17, 15) is 35.1 Å². The van der Waals surface area contributed by atoms with Crippen molar-refractivity contribution >= 4 is 27.7 Å². The van der Waals surface area contributed by atoms with Gasteiger partial charge in [0, 0.05) is 10.8 Å². The SMILES string of the molecule is O=C(O)c1cc2c(oc(=O)c3c(O)c(O)c(O)cc32)c(O)c1O. The Morgan fingerprint density at radius 2 is 1.52 bits per heavy atom. The van der Waals surface area contributed by atoms with Crippen molar-refractivity contribution in [1.82, 2.24) is 0 Å². The molecule has 0 aliphatic heterocycles. The fraction of sp³-hybridized carbons (Fsp3) is 0. The number of fused-ring (bicyclic) bond motifs is 3. The summed E-state index contributed by atoms with van der Waals surface area (Å²) in [6.45, 7) is 0. The van der Waals surface area contributed by atoms with Gasteiger partial charge in [-0.3, -0.25) is 0 Å². The molecule has 0 saturated carbocycles. The normalized spacial score (nSPS) is 11.1. The fourth-order valence-corrected chi connectivity index (χ4v) is 2.31. The predicted octanol–water partition coefficient (Wildman–Crippen LogP) is 1.17. The summed E-state index contributed by atoms with van der Waals surface area (Å²) in [7, 11) is 0. The van der Waals surface area contributed by atoms with Crippen LogP contribution in [-0.4, -0.2) is 36.6 Å². The summed E-state index contributed by atoms with van der Waals surface area (Å²) >= 11 is 0. The van der Waals surface area contributed by atoms with Crippen molar-refractivity contribution in [3.8, 4) is 28.7 Å². The third-order valence-corrected chi connectivity index (χ3v) is 3.40. The number of hydrogen-bond acceptors (Lipinski definition) is 8. The molecule has 1 aromatic heterocycles. The highest BCUT2D eigenvalue weighted by atomic mass is 16.4. The van der Waals surface area contributed by atoms with Crippen molar-refractivity contribution in [3.05, 3.63) is 28.1 Å². The van der Waals surface area contributed by atoms with E-state index in [1.54, 1.807) is 0 Å². The highest BCUT2D eigenvalue weighted by molar-refractivity contribution is 6.12. The summed E-state index contributed by atoms with van der Waals surface area (Å²) in [5, 5.41) is 56.5. The minimum atomic E-state index is -1.56. The third-order valence-electron chi connectivity index (χ3n) is 3.40. The molecule has 0 spiro atoms. The molecule has 0 aliphatic carbocycles. The van der Waals surface area contributed by atoms with Crippen molar-refractivity contribution in [3.63, 3.8) is 0 Å². The van der Waals surface area contributed by atoms with Crippen molar-refractivity contribution in [2.75, 3.05) is 0 Å². The van der Waals surface area contributed by atoms with E-state index in [1.165, 1.54) is 0 Å². The van der Waals surface area contributed by atoms with Gasteiger partial charge in [0.15, 0.2) is 22.8 Å². The van der Waals surface area contributed by atoms with E-state index in [-0.39, 0.29) is 10.8 Å². The first kappa shape index (κ1) is 14.3. The number of phenols is 5. The molecule has 118 valence electrons. The Hall–Kier alpha value is -3.62. The van der Waals surface area contributed by atoms with E-state index in [0.717, 1.165) is 12.1 Å². The van der Waals surface area contributed by atoms with Gasteiger partial charge < -0.3 is 35.1 Å². The van der Waals surface area contributed by atoms with Crippen LogP contribution >= 0.6 is 0 Å². The number of carboxylic acids is 1. The Balaban J connectivity index is 2.68. The molecule has 0 bridgehead atoms. The molecule has 9 nitrogen and oxygen atoms in total. The number of carbonyl (C=O) groups is 1. The number of phenolic OH excluding ortho intramolecular Hbond substituents is 4. The second kappa shape index (κ2) is 4.44. The van der Waals surface area contributed by atoms with Gasteiger partial charge in [0.05, 0.1) is 0 Å². The fourth-order valence-electron chi connectivity index (χ4n) is 2.31. The number of aromatic carboxylic acids is 1. The highest BCUT2D eigenvalue weighted by Gasteiger charge is 2.24.